The van der Waals surface area contributed by atoms with Crippen LogP contribution in [0, 0.1) is 0 Å². The quantitative estimate of drug-likeness (QED) is 0.792. The van der Waals surface area contributed by atoms with Crippen LogP contribution in [0.3, 0.4) is 0 Å². The van der Waals surface area contributed by atoms with Crippen molar-refractivity contribution in [1.29, 1.82) is 0 Å². The molecule has 0 aliphatic carbocycles. The van der Waals surface area contributed by atoms with Gasteiger partial charge in [-0.05, 0) is 31.4 Å². The molecule has 6 heteroatoms. The molecule has 0 radical (unpaired) electrons. The smallest absolute Gasteiger partial charge is 0.271 e. The maximum Gasteiger partial charge on any atom is 0.271 e. The van der Waals surface area contributed by atoms with Gasteiger partial charge in [-0.1, -0.05) is 25.1 Å². The Balaban J connectivity index is 1.97. The van der Waals surface area contributed by atoms with E-state index in [0.29, 0.717) is 25.2 Å². The number of hydrogen-bond donors (Lipinski definition) is 3. The summed E-state index contributed by atoms with van der Waals surface area (Å²) in [6, 6.07) is 7.21. The fraction of sp³-hybridized carbons (Fsp3) is 0.444. The molecule has 2 atom stereocenters. The Kier molecular flexibility index (Phi) is 4.57. The van der Waals surface area contributed by atoms with Crippen molar-refractivity contribution in [2.24, 2.45) is 5.73 Å². The highest BCUT2D eigenvalue weighted by Crippen LogP contribution is 2.26. The summed E-state index contributed by atoms with van der Waals surface area (Å²) in [5, 5.41) is 3.86. The molecule has 1 aromatic heterocycles. The third-order valence-electron chi connectivity index (χ3n) is 4.63. The van der Waals surface area contributed by atoms with Gasteiger partial charge in [0.05, 0.1) is 0 Å². The maximum absolute atomic E-state index is 13.1. The Hall–Kier alpha value is -2.34. The molecule has 0 saturated carbocycles. The molecule has 24 heavy (non-hydrogen) atoms. The molecule has 3 rings (SSSR count). The van der Waals surface area contributed by atoms with E-state index in [-0.39, 0.29) is 17.9 Å². The Morgan fingerprint density at radius 3 is 2.79 bits per heavy atom. The summed E-state index contributed by atoms with van der Waals surface area (Å²) >= 11 is 0. The Bertz CT molecular complexity index is 767. The molecule has 1 aliphatic rings. The van der Waals surface area contributed by atoms with Gasteiger partial charge in [-0.3, -0.25) is 9.59 Å². The van der Waals surface area contributed by atoms with Gasteiger partial charge in [-0.15, -0.1) is 0 Å². The number of fused-ring (bicyclic) bond motifs is 1. The van der Waals surface area contributed by atoms with Crippen LogP contribution < -0.4 is 11.1 Å². The molecule has 4 N–H and O–H groups in total. The number of likely N-dealkylation sites (tertiary alicyclic amines) is 1. The van der Waals surface area contributed by atoms with Crippen LogP contribution in [0.5, 0.6) is 0 Å². The Labute approximate surface area is 141 Å². The summed E-state index contributed by atoms with van der Waals surface area (Å²) in [5.41, 5.74) is 8.53. The van der Waals surface area contributed by atoms with Crippen LogP contribution in [0.4, 0.5) is 0 Å². The summed E-state index contributed by atoms with van der Waals surface area (Å²) in [6.45, 7) is 4.84. The predicted octanol–water partition coefficient (Wildman–Crippen LogP) is 1.41. The number of aromatic amines is 1. The van der Waals surface area contributed by atoms with E-state index in [1.165, 1.54) is 0 Å². The van der Waals surface area contributed by atoms with Gasteiger partial charge < -0.3 is 20.9 Å². The van der Waals surface area contributed by atoms with Crippen molar-refractivity contribution in [3.63, 3.8) is 0 Å². The van der Waals surface area contributed by atoms with Crippen molar-refractivity contribution >= 4 is 22.7 Å². The third kappa shape index (κ3) is 2.78. The molecular weight excluding hydrogens is 304 g/mol. The van der Waals surface area contributed by atoms with Crippen molar-refractivity contribution in [2.45, 2.75) is 38.8 Å². The summed E-state index contributed by atoms with van der Waals surface area (Å²) in [7, 11) is 0. The van der Waals surface area contributed by atoms with Gasteiger partial charge >= 0.3 is 0 Å². The first-order chi connectivity index (χ1) is 11.6. The van der Waals surface area contributed by atoms with Crippen LogP contribution in [0.15, 0.2) is 24.3 Å². The number of rotatable bonds is 4. The normalized spacial score (nSPS) is 20.5. The van der Waals surface area contributed by atoms with E-state index < -0.39 is 6.04 Å². The van der Waals surface area contributed by atoms with E-state index in [4.69, 9.17) is 5.73 Å². The number of para-hydroxylation sites is 1. The summed E-state index contributed by atoms with van der Waals surface area (Å²) in [6.07, 6.45) is 1.25. The van der Waals surface area contributed by atoms with Gasteiger partial charge in [0.1, 0.15) is 11.7 Å². The van der Waals surface area contributed by atoms with Crippen molar-refractivity contribution < 1.29 is 9.59 Å². The highest BCUT2D eigenvalue weighted by Gasteiger charge is 2.39. The predicted molar refractivity (Wildman–Crippen MR) is 93.8 cm³/mol. The SMILES string of the molecule is CCNC(=O)[C@@H]1C[C@@H](N)CN1C(=O)c1[nH]c2ccccc2c1CC. The van der Waals surface area contributed by atoms with Crippen LogP contribution >= 0.6 is 0 Å². The second-order valence-corrected chi connectivity index (χ2v) is 6.24. The topological polar surface area (TPSA) is 91.2 Å². The second-order valence-electron chi connectivity index (χ2n) is 6.24. The van der Waals surface area contributed by atoms with Gasteiger partial charge in [0.25, 0.3) is 5.91 Å². The molecule has 1 saturated heterocycles. The van der Waals surface area contributed by atoms with Gasteiger partial charge in [0, 0.05) is 30.0 Å². The molecule has 1 aliphatic heterocycles. The minimum atomic E-state index is -0.497. The lowest BCUT2D eigenvalue weighted by atomic mass is 10.1. The first-order valence-electron chi connectivity index (χ1n) is 8.50. The van der Waals surface area contributed by atoms with E-state index in [1.807, 2.05) is 38.1 Å². The van der Waals surface area contributed by atoms with Crippen LogP contribution in [0.1, 0.15) is 36.3 Å². The number of nitrogens with zero attached hydrogens (tertiary/aromatic N) is 1. The largest absolute Gasteiger partial charge is 0.355 e. The van der Waals surface area contributed by atoms with E-state index in [2.05, 4.69) is 10.3 Å². The average molecular weight is 328 g/mol. The molecule has 128 valence electrons. The standard InChI is InChI=1S/C18H24N4O2/c1-3-12-13-7-5-6-8-14(13)21-16(12)18(24)22-10-11(19)9-15(22)17(23)20-4-2/h5-8,11,15,21H,3-4,9-10,19H2,1-2H3,(H,20,23)/t11-,15+/m1/s1. The van der Waals surface area contributed by atoms with Gasteiger partial charge in [-0.25, -0.2) is 0 Å². The maximum atomic E-state index is 13.1. The highest BCUT2D eigenvalue weighted by atomic mass is 16.2. The fourth-order valence-electron chi connectivity index (χ4n) is 3.53. The lowest BCUT2D eigenvalue weighted by Crippen LogP contribution is -2.46. The number of hydrogen-bond acceptors (Lipinski definition) is 3. The van der Waals surface area contributed by atoms with E-state index in [1.54, 1.807) is 4.90 Å². The molecule has 2 amide bonds. The molecule has 0 spiro atoms. The van der Waals surface area contributed by atoms with Crippen LogP contribution in [0.2, 0.25) is 0 Å². The first-order valence-corrected chi connectivity index (χ1v) is 8.50. The Morgan fingerprint density at radius 1 is 1.33 bits per heavy atom. The van der Waals surface area contributed by atoms with E-state index >= 15 is 0 Å². The van der Waals surface area contributed by atoms with Gasteiger partial charge in [-0.2, -0.15) is 0 Å². The average Bonchev–Trinajstić information content (AvgIpc) is 3.14. The number of likely N-dealkylation sites (N-methyl/N-ethyl adjacent to an activating group) is 1. The number of carbonyl (C=O) groups excluding carboxylic acids is 2. The number of aromatic nitrogens is 1. The summed E-state index contributed by atoms with van der Waals surface area (Å²) in [5.74, 6) is -0.278. The lowest BCUT2D eigenvalue weighted by molar-refractivity contribution is -0.124. The zero-order chi connectivity index (χ0) is 17.3. The minimum absolute atomic E-state index is 0.132. The zero-order valence-corrected chi connectivity index (χ0v) is 14.1. The van der Waals surface area contributed by atoms with E-state index in [9.17, 15) is 9.59 Å². The van der Waals surface area contributed by atoms with Gasteiger partial charge in [0.15, 0.2) is 0 Å². The molecule has 2 aromatic rings. The molecule has 1 fully saturated rings. The molecule has 6 nitrogen and oxygen atoms in total. The van der Waals surface area contributed by atoms with Crippen molar-refractivity contribution in [3.05, 3.63) is 35.5 Å². The van der Waals surface area contributed by atoms with Crippen molar-refractivity contribution in [1.82, 2.24) is 15.2 Å². The first kappa shape index (κ1) is 16.5. The number of carbonyl (C=O) groups is 2. The zero-order valence-electron chi connectivity index (χ0n) is 14.1. The number of amides is 2. The molecule has 0 unspecified atom stereocenters. The monoisotopic (exact) mass is 328 g/mol. The Morgan fingerprint density at radius 2 is 2.08 bits per heavy atom. The molecule has 2 heterocycles. The molecule has 1 aromatic carbocycles. The highest BCUT2D eigenvalue weighted by molar-refractivity contribution is 6.03. The number of H-pyrrole nitrogens is 1. The number of nitrogens with one attached hydrogen (secondary N) is 2. The van der Waals surface area contributed by atoms with Crippen LogP contribution in [-0.4, -0.2) is 46.9 Å². The van der Waals surface area contributed by atoms with Crippen molar-refractivity contribution in [2.75, 3.05) is 13.1 Å². The van der Waals surface area contributed by atoms with Crippen LogP contribution in [-0.2, 0) is 11.2 Å². The molecule has 0 bridgehead atoms. The fourth-order valence-corrected chi connectivity index (χ4v) is 3.53. The van der Waals surface area contributed by atoms with Crippen LogP contribution in [0.25, 0.3) is 10.9 Å². The summed E-state index contributed by atoms with van der Waals surface area (Å²) in [4.78, 5) is 30.3. The minimum Gasteiger partial charge on any atom is -0.355 e. The van der Waals surface area contributed by atoms with Gasteiger partial charge in [0.2, 0.25) is 5.91 Å². The number of benzene rings is 1. The van der Waals surface area contributed by atoms with Crippen molar-refractivity contribution in [3.8, 4) is 0 Å². The second kappa shape index (κ2) is 6.65. The number of nitrogens with two attached hydrogens (primary N) is 1. The van der Waals surface area contributed by atoms with E-state index in [0.717, 1.165) is 22.9 Å². The lowest BCUT2D eigenvalue weighted by Gasteiger charge is -2.23. The third-order valence-corrected chi connectivity index (χ3v) is 4.63. The summed E-state index contributed by atoms with van der Waals surface area (Å²) < 4.78 is 0. The number of aryl methyl sites for hydroxylation is 1. The molecular formula is C18H24N4O2.